The SMILES string of the molecule is Fc1ccc(-c2nn(-c3ccc(Cl)c(Cl)c3)c3c2CCCCN3)cc1. The van der Waals surface area contributed by atoms with Crippen molar-refractivity contribution in [3.63, 3.8) is 0 Å². The average Bonchev–Trinajstić information content (AvgIpc) is 2.80. The summed E-state index contributed by atoms with van der Waals surface area (Å²) < 4.78 is 15.2. The maximum atomic E-state index is 13.3. The minimum atomic E-state index is -0.253. The maximum absolute atomic E-state index is 13.3. The molecular formula is C19H16Cl2FN3. The monoisotopic (exact) mass is 375 g/mol. The number of benzene rings is 2. The molecule has 2 heterocycles. The van der Waals surface area contributed by atoms with E-state index in [9.17, 15) is 4.39 Å². The van der Waals surface area contributed by atoms with Crippen LogP contribution in [0.3, 0.4) is 0 Å². The van der Waals surface area contributed by atoms with Gasteiger partial charge in [-0.3, -0.25) is 0 Å². The summed E-state index contributed by atoms with van der Waals surface area (Å²) in [6.07, 6.45) is 3.11. The Balaban J connectivity index is 1.89. The summed E-state index contributed by atoms with van der Waals surface area (Å²) in [7, 11) is 0. The molecule has 0 aliphatic carbocycles. The summed E-state index contributed by atoms with van der Waals surface area (Å²) in [5, 5.41) is 9.28. The minimum Gasteiger partial charge on any atom is -0.370 e. The highest BCUT2D eigenvalue weighted by Gasteiger charge is 2.22. The van der Waals surface area contributed by atoms with Crippen molar-refractivity contribution >= 4 is 29.0 Å². The van der Waals surface area contributed by atoms with Crippen LogP contribution in [0.1, 0.15) is 18.4 Å². The molecular weight excluding hydrogens is 360 g/mol. The van der Waals surface area contributed by atoms with Crippen LogP contribution in [0.2, 0.25) is 10.0 Å². The van der Waals surface area contributed by atoms with Crippen LogP contribution in [0.25, 0.3) is 16.9 Å². The Morgan fingerprint density at radius 2 is 1.80 bits per heavy atom. The first-order valence-electron chi connectivity index (χ1n) is 8.20. The van der Waals surface area contributed by atoms with Crippen molar-refractivity contribution in [2.24, 2.45) is 0 Å². The van der Waals surface area contributed by atoms with Gasteiger partial charge in [0.2, 0.25) is 0 Å². The van der Waals surface area contributed by atoms with Gasteiger partial charge in [-0.2, -0.15) is 5.10 Å². The van der Waals surface area contributed by atoms with Crippen LogP contribution in [0.5, 0.6) is 0 Å². The molecule has 4 rings (SSSR count). The molecule has 1 aromatic heterocycles. The third kappa shape index (κ3) is 3.12. The lowest BCUT2D eigenvalue weighted by Crippen LogP contribution is -2.07. The van der Waals surface area contributed by atoms with E-state index < -0.39 is 0 Å². The number of halogens is 3. The van der Waals surface area contributed by atoms with E-state index in [1.807, 2.05) is 10.7 Å². The average molecular weight is 376 g/mol. The standard InChI is InChI=1S/C19H16Cl2FN3/c20-16-9-8-14(11-17(16)21)25-19-15(3-1-2-10-23-19)18(24-25)12-4-6-13(22)7-5-12/h4-9,11,23H,1-3,10H2. The molecule has 3 nitrogen and oxygen atoms in total. The molecule has 0 radical (unpaired) electrons. The Morgan fingerprint density at radius 1 is 1.00 bits per heavy atom. The maximum Gasteiger partial charge on any atom is 0.133 e. The van der Waals surface area contributed by atoms with Gasteiger partial charge in [-0.1, -0.05) is 23.2 Å². The molecule has 0 fully saturated rings. The van der Waals surface area contributed by atoms with Gasteiger partial charge in [0.1, 0.15) is 11.6 Å². The fourth-order valence-corrected chi connectivity index (χ4v) is 3.44. The topological polar surface area (TPSA) is 29.9 Å². The number of aromatic nitrogens is 2. The molecule has 2 aromatic carbocycles. The molecule has 0 saturated carbocycles. The second kappa shape index (κ2) is 6.70. The fraction of sp³-hybridized carbons (Fsp3) is 0.211. The largest absolute Gasteiger partial charge is 0.370 e. The zero-order valence-electron chi connectivity index (χ0n) is 13.4. The first-order chi connectivity index (χ1) is 12.1. The number of nitrogens with zero attached hydrogens (tertiary/aromatic N) is 2. The van der Waals surface area contributed by atoms with Gasteiger partial charge in [-0.25, -0.2) is 9.07 Å². The van der Waals surface area contributed by atoms with Crippen LogP contribution in [-0.2, 0) is 6.42 Å². The third-order valence-corrected chi connectivity index (χ3v) is 5.13. The van der Waals surface area contributed by atoms with Crippen molar-refractivity contribution in [2.45, 2.75) is 19.3 Å². The molecule has 0 atom stereocenters. The van der Waals surface area contributed by atoms with Gasteiger partial charge in [0.05, 0.1) is 21.4 Å². The van der Waals surface area contributed by atoms with Crippen LogP contribution in [0, 0.1) is 5.82 Å². The van der Waals surface area contributed by atoms with Crippen LogP contribution in [0.4, 0.5) is 10.2 Å². The summed E-state index contributed by atoms with van der Waals surface area (Å²) in [5.41, 5.74) is 3.76. The highest BCUT2D eigenvalue weighted by molar-refractivity contribution is 6.42. The van der Waals surface area contributed by atoms with Gasteiger partial charge in [0.15, 0.2) is 0 Å². The Morgan fingerprint density at radius 3 is 2.56 bits per heavy atom. The smallest absolute Gasteiger partial charge is 0.133 e. The van der Waals surface area contributed by atoms with Crippen molar-refractivity contribution in [3.05, 3.63) is 63.9 Å². The number of hydrogen-bond donors (Lipinski definition) is 1. The molecule has 0 unspecified atom stereocenters. The van der Waals surface area contributed by atoms with E-state index in [2.05, 4.69) is 5.32 Å². The number of nitrogens with one attached hydrogen (secondary N) is 1. The lowest BCUT2D eigenvalue weighted by molar-refractivity contribution is 0.628. The summed E-state index contributed by atoms with van der Waals surface area (Å²) >= 11 is 12.2. The van der Waals surface area contributed by atoms with Crippen LogP contribution in [0.15, 0.2) is 42.5 Å². The molecule has 25 heavy (non-hydrogen) atoms. The van der Waals surface area contributed by atoms with Gasteiger partial charge in [0, 0.05) is 17.7 Å². The molecule has 1 aliphatic heterocycles. The number of fused-ring (bicyclic) bond motifs is 1. The van der Waals surface area contributed by atoms with Crippen molar-refractivity contribution in [1.29, 1.82) is 0 Å². The van der Waals surface area contributed by atoms with E-state index in [0.29, 0.717) is 10.0 Å². The van der Waals surface area contributed by atoms with Crippen molar-refractivity contribution in [1.82, 2.24) is 9.78 Å². The van der Waals surface area contributed by atoms with E-state index >= 15 is 0 Å². The van der Waals surface area contributed by atoms with E-state index in [-0.39, 0.29) is 5.82 Å². The van der Waals surface area contributed by atoms with Crippen LogP contribution < -0.4 is 5.32 Å². The normalized spacial score (nSPS) is 13.9. The number of anilines is 1. The second-order valence-electron chi connectivity index (χ2n) is 6.08. The first kappa shape index (κ1) is 16.4. The minimum absolute atomic E-state index is 0.253. The van der Waals surface area contributed by atoms with E-state index in [1.54, 1.807) is 24.3 Å². The van der Waals surface area contributed by atoms with Gasteiger partial charge in [-0.05, 0) is 61.7 Å². The van der Waals surface area contributed by atoms with Gasteiger partial charge < -0.3 is 5.32 Å². The molecule has 0 bridgehead atoms. The zero-order chi connectivity index (χ0) is 17.4. The van der Waals surface area contributed by atoms with Gasteiger partial charge in [-0.15, -0.1) is 0 Å². The lowest BCUT2D eigenvalue weighted by Gasteiger charge is -2.10. The number of rotatable bonds is 2. The fourth-order valence-electron chi connectivity index (χ4n) is 3.15. The Labute approximate surface area is 155 Å². The van der Waals surface area contributed by atoms with E-state index in [0.717, 1.165) is 54.1 Å². The predicted octanol–water partition coefficient (Wildman–Crippen LogP) is 5.73. The second-order valence-corrected chi connectivity index (χ2v) is 6.89. The predicted molar refractivity (Wildman–Crippen MR) is 100 cm³/mol. The molecule has 1 aliphatic rings. The molecule has 3 aromatic rings. The Bertz CT molecular complexity index is 919. The Hall–Kier alpha value is -2.04. The Kier molecular flexibility index (Phi) is 4.40. The van der Waals surface area contributed by atoms with Crippen molar-refractivity contribution in [2.75, 3.05) is 11.9 Å². The molecule has 0 amide bonds. The number of hydrogen-bond acceptors (Lipinski definition) is 2. The van der Waals surface area contributed by atoms with Gasteiger partial charge >= 0.3 is 0 Å². The summed E-state index contributed by atoms with van der Waals surface area (Å²) in [5.74, 6) is 0.715. The lowest BCUT2D eigenvalue weighted by atomic mass is 10.0. The highest BCUT2D eigenvalue weighted by Crippen LogP contribution is 2.35. The van der Waals surface area contributed by atoms with E-state index in [4.69, 9.17) is 28.3 Å². The molecule has 0 saturated heterocycles. The summed E-state index contributed by atoms with van der Waals surface area (Å²) in [6, 6.07) is 11.9. The van der Waals surface area contributed by atoms with E-state index in [1.165, 1.54) is 12.1 Å². The molecule has 1 N–H and O–H groups in total. The zero-order valence-corrected chi connectivity index (χ0v) is 14.9. The van der Waals surface area contributed by atoms with Crippen LogP contribution in [-0.4, -0.2) is 16.3 Å². The molecule has 0 spiro atoms. The molecule has 6 heteroatoms. The first-order valence-corrected chi connectivity index (χ1v) is 8.96. The quantitative estimate of drug-likeness (QED) is 0.619. The molecule has 128 valence electrons. The summed E-state index contributed by atoms with van der Waals surface area (Å²) in [4.78, 5) is 0. The van der Waals surface area contributed by atoms with Gasteiger partial charge in [0.25, 0.3) is 0 Å². The highest BCUT2D eigenvalue weighted by atomic mass is 35.5. The third-order valence-electron chi connectivity index (χ3n) is 4.39. The summed E-state index contributed by atoms with van der Waals surface area (Å²) in [6.45, 7) is 0.892. The van der Waals surface area contributed by atoms with Crippen molar-refractivity contribution < 1.29 is 4.39 Å². The van der Waals surface area contributed by atoms with Crippen LogP contribution >= 0.6 is 23.2 Å². The van der Waals surface area contributed by atoms with Crippen molar-refractivity contribution in [3.8, 4) is 16.9 Å².